The number of nitrogens with two attached hydrogens (primary N) is 1. The number of hydrogen-bond donors (Lipinski definition) is 3. The Bertz CT molecular complexity index is 772. The number of benzene rings is 1. The van der Waals surface area contributed by atoms with Gasteiger partial charge in [-0.05, 0) is 24.6 Å². The van der Waals surface area contributed by atoms with Gasteiger partial charge in [0.1, 0.15) is 5.00 Å². The molecule has 0 saturated heterocycles. The number of anilines is 2. The number of alkyl halides is 3. The first-order valence-corrected chi connectivity index (χ1v) is 7.70. The summed E-state index contributed by atoms with van der Waals surface area (Å²) in [4.78, 5) is 24.2. The number of rotatable bonds is 4. The zero-order valence-corrected chi connectivity index (χ0v) is 13.3. The summed E-state index contributed by atoms with van der Waals surface area (Å²) in [7, 11) is 0. The summed E-state index contributed by atoms with van der Waals surface area (Å²) in [5.41, 5.74) is 4.02. The molecule has 0 atom stereocenters. The Labute approximate surface area is 139 Å². The highest BCUT2D eigenvalue weighted by molar-refractivity contribution is 7.16. The second kappa shape index (κ2) is 6.91. The lowest BCUT2D eigenvalue weighted by Crippen LogP contribution is -2.23. The Morgan fingerprint density at radius 3 is 2.46 bits per heavy atom. The molecule has 0 aliphatic carbocycles. The van der Waals surface area contributed by atoms with Gasteiger partial charge in [0.15, 0.2) is 0 Å². The van der Waals surface area contributed by atoms with E-state index in [0.717, 1.165) is 28.3 Å². The molecule has 1 aromatic heterocycles. The van der Waals surface area contributed by atoms with E-state index in [1.54, 1.807) is 6.07 Å². The molecule has 0 aliphatic rings. The normalized spacial score (nSPS) is 11.2. The number of aryl methyl sites for hydroxylation is 1. The van der Waals surface area contributed by atoms with Crippen molar-refractivity contribution in [2.24, 2.45) is 5.73 Å². The fourth-order valence-electron chi connectivity index (χ4n) is 1.99. The number of halogens is 3. The van der Waals surface area contributed by atoms with Gasteiger partial charge in [-0.25, -0.2) is 4.79 Å². The van der Waals surface area contributed by atoms with Crippen molar-refractivity contribution in [2.45, 2.75) is 19.5 Å². The largest absolute Gasteiger partial charge is 0.418 e. The summed E-state index contributed by atoms with van der Waals surface area (Å²) in [6, 6.07) is 5.27. The molecule has 9 heteroatoms. The van der Waals surface area contributed by atoms with E-state index in [2.05, 4.69) is 10.6 Å². The Morgan fingerprint density at radius 2 is 1.88 bits per heavy atom. The maximum atomic E-state index is 12.9. The van der Waals surface area contributed by atoms with Gasteiger partial charge < -0.3 is 11.1 Å². The fourth-order valence-corrected chi connectivity index (χ4v) is 2.98. The number of amides is 3. The van der Waals surface area contributed by atoms with E-state index in [0.29, 0.717) is 6.42 Å². The van der Waals surface area contributed by atoms with Gasteiger partial charge in [0.2, 0.25) is 0 Å². The SMILES string of the molecule is CCc1cc(C(N)=O)c(NC(=O)Nc2ccccc2C(F)(F)F)s1. The molecule has 0 aliphatic heterocycles. The van der Waals surface area contributed by atoms with E-state index in [4.69, 9.17) is 5.73 Å². The van der Waals surface area contributed by atoms with Crippen molar-refractivity contribution in [3.05, 3.63) is 46.3 Å². The van der Waals surface area contributed by atoms with Crippen LogP contribution in [-0.4, -0.2) is 11.9 Å². The van der Waals surface area contributed by atoms with Crippen LogP contribution in [-0.2, 0) is 12.6 Å². The van der Waals surface area contributed by atoms with Crippen LogP contribution in [0.2, 0.25) is 0 Å². The van der Waals surface area contributed by atoms with Crippen molar-refractivity contribution in [3.63, 3.8) is 0 Å². The second-order valence-corrected chi connectivity index (χ2v) is 5.93. The molecule has 128 valence electrons. The summed E-state index contributed by atoms with van der Waals surface area (Å²) in [5, 5.41) is 4.71. The van der Waals surface area contributed by atoms with Crippen LogP contribution in [0.1, 0.15) is 27.7 Å². The lowest BCUT2D eigenvalue weighted by Gasteiger charge is -2.13. The number of hydrogen-bond acceptors (Lipinski definition) is 3. The van der Waals surface area contributed by atoms with Crippen molar-refractivity contribution in [1.29, 1.82) is 0 Å². The standard InChI is InChI=1S/C15H14F3N3O2S/c1-2-8-7-9(12(19)22)13(24-8)21-14(23)20-11-6-4-3-5-10(11)15(16,17)18/h3-7H,2H2,1H3,(H2,19,22)(H2,20,21,23). The third kappa shape index (κ3) is 4.05. The Morgan fingerprint density at radius 1 is 1.21 bits per heavy atom. The minimum absolute atomic E-state index is 0.121. The van der Waals surface area contributed by atoms with Crippen molar-refractivity contribution in [1.82, 2.24) is 0 Å². The molecule has 1 aromatic carbocycles. The van der Waals surface area contributed by atoms with Crippen LogP contribution < -0.4 is 16.4 Å². The molecule has 0 saturated carbocycles. The van der Waals surface area contributed by atoms with Crippen LogP contribution in [0.3, 0.4) is 0 Å². The zero-order chi connectivity index (χ0) is 17.9. The molecule has 0 bridgehead atoms. The minimum atomic E-state index is -4.60. The quantitative estimate of drug-likeness (QED) is 0.770. The zero-order valence-electron chi connectivity index (χ0n) is 12.5. The van der Waals surface area contributed by atoms with Gasteiger partial charge >= 0.3 is 12.2 Å². The van der Waals surface area contributed by atoms with E-state index in [1.807, 2.05) is 6.92 Å². The summed E-state index contributed by atoms with van der Waals surface area (Å²) in [5.74, 6) is -0.725. The number of thiophene rings is 1. The average molecular weight is 357 g/mol. The lowest BCUT2D eigenvalue weighted by molar-refractivity contribution is -0.136. The monoisotopic (exact) mass is 357 g/mol. The van der Waals surface area contributed by atoms with Crippen LogP contribution in [0.4, 0.5) is 28.7 Å². The second-order valence-electron chi connectivity index (χ2n) is 4.80. The lowest BCUT2D eigenvalue weighted by atomic mass is 10.1. The minimum Gasteiger partial charge on any atom is -0.366 e. The van der Waals surface area contributed by atoms with Crippen LogP contribution in [0.5, 0.6) is 0 Å². The van der Waals surface area contributed by atoms with Crippen LogP contribution in [0.15, 0.2) is 30.3 Å². The molecule has 2 aromatic rings. The first kappa shape index (κ1) is 17.8. The van der Waals surface area contributed by atoms with Crippen molar-refractivity contribution < 1.29 is 22.8 Å². The number of carbonyl (C=O) groups is 2. The van der Waals surface area contributed by atoms with Gasteiger partial charge in [-0.15, -0.1) is 11.3 Å². The molecule has 5 nitrogen and oxygen atoms in total. The number of para-hydroxylation sites is 1. The summed E-state index contributed by atoms with van der Waals surface area (Å²) in [6.07, 6.45) is -3.97. The first-order chi connectivity index (χ1) is 11.2. The van der Waals surface area contributed by atoms with E-state index < -0.39 is 23.7 Å². The van der Waals surface area contributed by atoms with Crippen molar-refractivity contribution in [2.75, 3.05) is 10.6 Å². The summed E-state index contributed by atoms with van der Waals surface area (Å²) < 4.78 is 38.7. The van der Waals surface area contributed by atoms with Gasteiger partial charge in [-0.2, -0.15) is 13.2 Å². The van der Waals surface area contributed by atoms with Crippen LogP contribution in [0.25, 0.3) is 0 Å². The van der Waals surface area contributed by atoms with E-state index >= 15 is 0 Å². The van der Waals surface area contributed by atoms with Crippen LogP contribution in [0, 0.1) is 0 Å². The molecule has 2 rings (SSSR count). The smallest absolute Gasteiger partial charge is 0.366 e. The highest BCUT2D eigenvalue weighted by atomic mass is 32.1. The molecule has 1 heterocycles. The Kier molecular flexibility index (Phi) is 5.13. The molecule has 4 N–H and O–H groups in total. The maximum absolute atomic E-state index is 12.9. The van der Waals surface area contributed by atoms with Crippen molar-refractivity contribution >= 4 is 34.0 Å². The number of carbonyl (C=O) groups excluding carboxylic acids is 2. The van der Waals surface area contributed by atoms with Gasteiger partial charge in [0.05, 0.1) is 16.8 Å². The first-order valence-electron chi connectivity index (χ1n) is 6.89. The maximum Gasteiger partial charge on any atom is 0.418 e. The van der Waals surface area contributed by atoms with Gasteiger partial charge in [0, 0.05) is 4.88 Å². The third-order valence-corrected chi connectivity index (χ3v) is 4.30. The summed E-state index contributed by atoms with van der Waals surface area (Å²) in [6.45, 7) is 1.86. The summed E-state index contributed by atoms with van der Waals surface area (Å²) >= 11 is 1.14. The molecule has 0 radical (unpaired) electrons. The Hall–Kier alpha value is -2.55. The Balaban J connectivity index is 2.21. The van der Waals surface area contributed by atoms with E-state index in [9.17, 15) is 22.8 Å². The van der Waals surface area contributed by atoms with Gasteiger partial charge in [-0.3, -0.25) is 10.1 Å². The highest BCUT2D eigenvalue weighted by Crippen LogP contribution is 2.35. The average Bonchev–Trinajstić information content (AvgIpc) is 2.89. The highest BCUT2D eigenvalue weighted by Gasteiger charge is 2.33. The molecular formula is C15H14F3N3O2S. The molecular weight excluding hydrogens is 343 g/mol. The van der Waals surface area contributed by atoms with Gasteiger partial charge in [-0.1, -0.05) is 19.1 Å². The molecule has 24 heavy (non-hydrogen) atoms. The number of primary amides is 1. The van der Waals surface area contributed by atoms with E-state index in [1.165, 1.54) is 12.1 Å². The molecule has 0 unspecified atom stereocenters. The number of urea groups is 1. The fraction of sp³-hybridized carbons (Fsp3) is 0.200. The van der Waals surface area contributed by atoms with E-state index in [-0.39, 0.29) is 16.3 Å². The topological polar surface area (TPSA) is 84.2 Å². The molecule has 0 fully saturated rings. The third-order valence-electron chi connectivity index (χ3n) is 3.10. The van der Waals surface area contributed by atoms with Crippen LogP contribution >= 0.6 is 11.3 Å². The number of nitrogens with one attached hydrogen (secondary N) is 2. The van der Waals surface area contributed by atoms with Crippen molar-refractivity contribution in [3.8, 4) is 0 Å². The van der Waals surface area contributed by atoms with Gasteiger partial charge in [0.25, 0.3) is 5.91 Å². The predicted octanol–water partition coefficient (Wildman–Crippen LogP) is 4.07. The molecule has 0 spiro atoms. The molecule has 3 amide bonds. The predicted molar refractivity (Wildman–Crippen MR) is 86.3 cm³/mol.